The summed E-state index contributed by atoms with van der Waals surface area (Å²) in [5.41, 5.74) is 2.49. The monoisotopic (exact) mass is 328 g/mol. The molecule has 2 rings (SSSR count). The molecule has 0 aromatic heterocycles. The van der Waals surface area contributed by atoms with E-state index < -0.39 is 10.0 Å². The van der Waals surface area contributed by atoms with Gasteiger partial charge in [0.15, 0.2) is 0 Å². The van der Waals surface area contributed by atoms with Gasteiger partial charge in [0.05, 0.1) is 17.4 Å². The molecular weight excluding hydrogens is 308 g/mol. The van der Waals surface area contributed by atoms with Gasteiger partial charge in [-0.3, -0.25) is 4.72 Å². The lowest BCUT2D eigenvalue weighted by Crippen LogP contribution is -2.12. The van der Waals surface area contributed by atoms with E-state index in [2.05, 4.69) is 17.7 Å². The molecule has 0 saturated carbocycles. The van der Waals surface area contributed by atoms with Gasteiger partial charge in [-0.15, -0.1) is 0 Å². The summed E-state index contributed by atoms with van der Waals surface area (Å²) in [6.07, 6.45) is 3.49. The van der Waals surface area contributed by atoms with Crippen LogP contribution in [-0.4, -0.2) is 8.42 Å². The summed E-state index contributed by atoms with van der Waals surface area (Å²) in [6, 6.07) is 15.9. The van der Waals surface area contributed by atoms with Crippen LogP contribution in [0, 0.1) is 11.3 Å². The number of nitriles is 1. The van der Waals surface area contributed by atoms with Gasteiger partial charge in [0, 0.05) is 5.69 Å². The highest BCUT2D eigenvalue weighted by Crippen LogP contribution is 2.18. The lowest BCUT2D eigenvalue weighted by Gasteiger charge is -2.09. The molecule has 0 heterocycles. The van der Waals surface area contributed by atoms with Crippen LogP contribution in [0.25, 0.3) is 0 Å². The number of nitrogens with one attached hydrogen (secondary N) is 1. The van der Waals surface area contributed by atoms with Gasteiger partial charge in [-0.1, -0.05) is 37.6 Å². The van der Waals surface area contributed by atoms with E-state index in [0.717, 1.165) is 30.4 Å². The molecule has 0 atom stereocenters. The molecule has 0 saturated heterocycles. The van der Waals surface area contributed by atoms with Crippen molar-refractivity contribution < 1.29 is 8.42 Å². The smallest absolute Gasteiger partial charge is 0.261 e. The minimum atomic E-state index is -3.59. The standard InChI is InChI=1S/C18H20N2O2S/c1-2-3-4-15-7-11-18(12-8-15)23(21,22)20-17-9-5-16(6-10-17)13-14-19/h5-12,20H,2-4,13H2,1H3. The number of unbranched alkanes of at least 4 members (excludes halogenated alkanes) is 1. The predicted octanol–water partition coefficient (Wildman–Crippen LogP) is 3.90. The molecule has 0 unspecified atom stereocenters. The average molecular weight is 328 g/mol. The third-order valence-corrected chi connectivity index (χ3v) is 4.94. The summed E-state index contributed by atoms with van der Waals surface area (Å²) in [5.74, 6) is 0. The molecule has 0 radical (unpaired) electrons. The van der Waals surface area contributed by atoms with Crippen LogP contribution < -0.4 is 4.72 Å². The topological polar surface area (TPSA) is 70.0 Å². The fourth-order valence-corrected chi connectivity index (χ4v) is 3.27. The van der Waals surface area contributed by atoms with Gasteiger partial charge in [-0.25, -0.2) is 8.42 Å². The number of benzene rings is 2. The van der Waals surface area contributed by atoms with Crippen LogP contribution in [-0.2, 0) is 22.9 Å². The molecule has 2 aromatic rings. The molecule has 0 fully saturated rings. The zero-order valence-electron chi connectivity index (χ0n) is 13.1. The largest absolute Gasteiger partial charge is 0.280 e. The zero-order chi connectivity index (χ0) is 16.7. The van der Waals surface area contributed by atoms with Crippen LogP contribution in [0.15, 0.2) is 53.4 Å². The van der Waals surface area contributed by atoms with Crippen molar-refractivity contribution in [3.05, 3.63) is 59.7 Å². The Hall–Kier alpha value is -2.32. The van der Waals surface area contributed by atoms with Crippen molar-refractivity contribution in [1.29, 1.82) is 5.26 Å². The zero-order valence-corrected chi connectivity index (χ0v) is 13.9. The first-order chi connectivity index (χ1) is 11.0. The normalized spacial score (nSPS) is 11.0. The Balaban J connectivity index is 2.10. The number of anilines is 1. The summed E-state index contributed by atoms with van der Waals surface area (Å²) < 4.78 is 27.3. The first kappa shape index (κ1) is 17.0. The van der Waals surface area contributed by atoms with E-state index in [1.807, 2.05) is 12.1 Å². The molecule has 0 aliphatic rings. The van der Waals surface area contributed by atoms with Crippen LogP contribution in [0.2, 0.25) is 0 Å². The Bertz CT molecular complexity index is 773. The van der Waals surface area contributed by atoms with Gasteiger partial charge < -0.3 is 0 Å². The van der Waals surface area contributed by atoms with Crippen molar-refractivity contribution >= 4 is 15.7 Å². The van der Waals surface area contributed by atoms with E-state index in [1.54, 1.807) is 36.4 Å². The van der Waals surface area contributed by atoms with Gasteiger partial charge >= 0.3 is 0 Å². The highest BCUT2D eigenvalue weighted by molar-refractivity contribution is 7.92. The molecule has 0 amide bonds. The quantitative estimate of drug-likeness (QED) is 0.838. The number of nitrogens with zero attached hydrogens (tertiary/aromatic N) is 1. The maximum Gasteiger partial charge on any atom is 0.261 e. The van der Waals surface area contributed by atoms with Gasteiger partial charge in [0.2, 0.25) is 0 Å². The second-order valence-electron chi connectivity index (χ2n) is 5.38. The maximum absolute atomic E-state index is 12.4. The highest BCUT2D eigenvalue weighted by Gasteiger charge is 2.13. The third kappa shape index (κ3) is 4.83. The second-order valence-corrected chi connectivity index (χ2v) is 7.07. The highest BCUT2D eigenvalue weighted by atomic mass is 32.2. The van der Waals surface area contributed by atoms with Crippen LogP contribution in [0.3, 0.4) is 0 Å². The molecule has 5 heteroatoms. The van der Waals surface area contributed by atoms with Crippen molar-refractivity contribution in [3.63, 3.8) is 0 Å². The first-order valence-electron chi connectivity index (χ1n) is 7.63. The number of hydrogen-bond acceptors (Lipinski definition) is 3. The van der Waals surface area contributed by atoms with Gasteiger partial charge in [-0.05, 0) is 48.2 Å². The van der Waals surface area contributed by atoms with Crippen molar-refractivity contribution in [2.45, 2.75) is 37.5 Å². The van der Waals surface area contributed by atoms with Crippen LogP contribution in [0.4, 0.5) is 5.69 Å². The molecule has 0 aliphatic heterocycles. The Kier molecular flexibility index (Phi) is 5.78. The summed E-state index contributed by atoms with van der Waals surface area (Å²) in [5, 5.41) is 8.64. The first-order valence-corrected chi connectivity index (χ1v) is 9.11. The van der Waals surface area contributed by atoms with Crippen molar-refractivity contribution in [2.75, 3.05) is 4.72 Å². The SMILES string of the molecule is CCCCc1ccc(S(=O)(=O)Nc2ccc(CC#N)cc2)cc1. The molecular formula is C18H20N2O2S. The van der Waals surface area contributed by atoms with Crippen LogP contribution >= 0.6 is 0 Å². The van der Waals surface area contributed by atoms with Gasteiger partial charge in [0.25, 0.3) is 10.0 Å². The van der Waals surface area contributed by atoms with Crippen molar-refractivity contribution in [2.24, 2.45) is 0 Å². The molecule has 0 aliphatic carbocycles. The Morgan fingerprint density at radius 3 is 2.17 bits per heavy atom. The minimum absolute atomic E-state index is 0.249. The summed E-state index contributed by atoms with van der Waals surface area (Å²) in [7, 11) is -3.59. The van der Waals surface area contributed by atoms with Crippen molar-refractivity contribution in [1.82, 2.24) is 0 Å². The van der Waals surface area contributed by atoms with E-state index in [-0.39, 0.29) is 4.90 Å². The van der Waals surface area contributed by atoms with E-state index >= 15 is 0 Å². The Morgan fingerprint density at radius 2 is 1.61 bits per heavy atom. The fraction of sp³-hybridized carbons (Fsp3) is 0.278. The number of rotatable bonds is 7. The van der Waals surface area contributed by atoms with Gasteiger partial charge in [0.1, 0.15) is 0 Å². The van der Waals surface area contributed by atoms with E-state index in [0.29, 0.717) is 12.1 Å². The van der Waals surface area contributed by atoms with E-state index in [4.69, 9.17) is 5.26 Å². The van der Waals surface area contributed by atoms with Crippen LogP contribution in [0.5, 0.6) is 0 Å². The lowest BCUT2D eigenvalue weighted by atomic mass is 10.1. The molecule has 2 aromatic carbocycles. The summed E-state index contributed by atoms with van der Waals surface area (Å²) in [6.45, 7) is 2.13. The third-order valence-electron chi connectivity index (χ3n) is 3.54. The maximum atomic E-state index is 12.4. The molecule has 4 nitrogen and oxygen atoms in total. The Labute approximate surface area is 137 Å². The Morgan fingerprint density at radius 1 is 1.00 bits per heavy atom. The average Bonchev–Trinajstić information content (AvgIpc) is 2.55. The molecule has 120 valence electrons. The summed E-state index contributed by atoms with van der Waals surface area (Å²) in [4.78, 5) is 0.249. The van der Waals surface area contributed by atoms with E-state index in [1.165, 1.54) is 0 Å². The summed E-state index contributed by atoms with van der Waals surface area (Å²) >= 11 is 0. The van der Waals surface area contributed by atoms with Gasteiger partial charge in [-0.2, -0.15) is 5.26 Å². The molecule has 0 spiro atoms. The number of aryl methyl sites for hydroxylation is 1. The molecule has 1 N–H and O–H groups in total. The number of hydrogen-bond donors (Lipinski definition) is 1. The number of sulfonamides is 1. The fourth-order valence-electron chi connectivity index (χ4n) is 2.21. The lowest BCUT2D eigenvalue weighted by molar-refractivity contribution is 0.601. The van der Waals surface area contributed by atoms with Crippen LogP contribution in [0.1, 0.15) is 30.9 Å². The van der Waals surface area contributed by atoms with E-state index in [9.17, 15) is 8.42 Å². The van der Waals surface area contributed by atoms with Crippen molar-refractivity contribution in [3.8, 4) is 6.07 Å². The predicted molar refractivity (Wildman–Crippen MR) is 91.6 cm³/mol. The molecule has 0 bridgehead atoms. The minimum Gasteiger partial charge on any atom is -0.280 e. The second kappa shape index (κ2) is 7.80. The molecule has 23 heavy (non-hydrogen) atoms.